The molecule has 9 nitrogen and oxygen atoms in total. The summed E-state index contributed by atoms with van der Waals surface area (Å²) in [6.45, 7) is 0. The minimum absolute atomic E-state index is 0.0243. The zero-order chi connectivity index (χ0) is 36.9. The number of rotatable bonds is 4. The van der Waals surface area contributed by atoms with Crippen LogP contribution in [0.2, 0.25) is 0 Å². The van der Waals surface area contributed by atoms with E-state index in [0.717, 1.165) is 0 Å². The van der Waals surface area contributed by atoms with Crippen LogP contribution in [-0.4, -0.2) is 46.3 Å². The van der Waals surface area contributed by atoms with Crippen molar-refractivity contribution in [3.05, 3.63) is 204 Å². The number of ketones is 8. The first kappa shape index (κ1) is 31.5. The molecular weight excluding hydrogens is 670 g/mol. The fourth-order valence-corrected chi connectivity index (χ4v) is 7.51. The van der Waals surface area contributed by atoms with E-state index in [1.54, 1.807) is 42.5 Å². The molecule has 0 heterocycles. The van der Waals surface area contributed by atoms with Crippen molar-refractivity contribution in [2.45, 2.75) is 0 Å². The summed E-state index contributed by atoms with van der Waals surface area (Å²) in [7, 11) is 0. The first-order valence-electron chi connectivity index (χ1n) is 16.5. The highest BCUT2D eigenvalue weighted by molar-refractivity contribution is 6.36. The first-order valence-corrected chi connectivity index (χ1v) is 16.5. The standard InChI is InChI=1S/C44H21NO8/c45-33-17-16-30-35(36(33)38(47)21-13-15-27-32(19-21)42(51)25-9-4-2-7-23(25)40(27)49)44(53)29-11-5-10-28(34(29)43(30)52)37(46)20-12-14-26-31(18-20)41(50)24-8-3-1-6-22(24)39(26)48/h1-19H,45H2. The Kier molecular flexibility index (Phi) is 6.67. The topological polar surface area (TPSA) is 163 Å². The smallest absolute Gasteiger partial charge is 0.195 e. The van der Waals surface area contributed by atoms with Gasteiger partial charge in [0, 0.05) is 89.1 Å². The van der Waals surface area contributed by atoms with Gasteiger partial charge in [-0.2, -0.15) is 0 Å². The van der Waals surface area contributed by atoms with Crippen LogP contribution in [0.15, 0.2) is 115 Å². The third kappa shape index (κ3) is 4.37. The highest BCUT2D eigenvalue weighted by Gasteiger charge is 2.38. The molecule has 0 unspecified atom stereocenters. The van der Waals surface area contributed by atoms with Crippen LogP contribution >= 0.6 is 0 Å². The van der Waals surface area contributed by atoms with E-state index in [2.05, 4.69) is 0 Å². The highest BCUT2D eigenvalue weighted by atomic mass is 16.2. The molecule has 9 rings (SSSR count). The Hall–Kier alpha value is -7.52. The van der Waals surface area contributed by atoms with E-state index in [1.807, 2.05) is 0 Å². The molecule has 6 aromatic carbocycles. The van der Waals surface area contributed by atoms with Gasteiger partial charge in [0.25, 0.3) is 0 Å². The largest absolute Gasteiger partial charge is 0.398 e. The van der Waals surface area contributed by atoms with Crippen molar-refractivity contribution in [2.24, 2.45) is 0 Å². The molecule has 250 valence electrons. The monoisotopic (exact) mass is 691 g/mol. The minimum Gasteiger partial charge on any atom is -0.398 e. The summed E-state index contributed by atoms with van der Waals surface area (Å²) in [4.78, 5) is 110. The summed E-state index contributed by atoms with van der Waals surface area (Å²) in [6, 6.07) is 27.8. The van der Waals surface area contributed by atoms with Crippen molar-refractivity contribution in [3.8, 4) is 0 Å². The Morgan fingerprint density at radius 1 is 0.358 bits per heavy atom. The Labute approximate surface area is 299 Å². The van der Waals surface area contributed by atoms with Crippen LogP contribution in [0.5, 0.6) is 0 Å². The van der Waals surface area contributed by atoms with Gasteiger partial charge < -0.3 is 5.73 Å². The third-order valence-electron chi connectivity index (χ3n) is 10.1. The number of carbonyl (C=O) groups excluding carboxylic acids is 8. The van der Waals surface area contributed by atoms with Gasteiger partial charge in [-0.3, -0.25) is 38.4 Å². The Morgan fingerprint density at radius 2 is 0.755 bits per heavy atom. The molecule has 0 aromatic heterocycles. The predicted molar refractivity (Wildman–Crippen MR) is 191 cm³/mol. The molecule has 0 saturated heterocycles. The lowest BCUT2D eigenvalue weighted by Gasteiger charge is -2.23. The second kappa shape index (κ2) is 11.2. The minimum atomic E-state index is -0.743. The van der Waals surface area contributed by atoms with Gasteiger partial charge in [0.05, 0.1) is 5.56 Å². The van der Waals surface area contributed by atoms with Crippen LogP contribution in [0, 0.1) is 0 Å². The lowest BCUT2D eigenvalue weighted by Crippen LogP contribution is -2.27. The van der Waals surface area contributed by atoms with Crippen molar-refractivity contribution in [3.63, 3.8) is 0 Å². The molecule has 0 saturated carbocycles. The van der Waals surface area contributed by atoms with E-state index >= 15 is 0 Å². The van der Waals surface area contributed by atoms with Gasteiger partial charge in [0.1, 0.15) is 0 Å². The maximum atomic E-state index is 14.3. The molecule has 0 spiro atoms. The van der Waals surface area contributed by atoms with Crippen molar-refractivity contribution in [1.29, 1.82) is 0 Å². The van der Waals surface area contributed by atoms with Gasteiger partial charge in [-0.25, -0.2) is 0 Å². The average molecular weight is 692 g/mol. The van der Waals surface area contributed by atoms with Crippen LogP contribution in [0.4, 0.5) is 5.69 Å². The van der Waals surface area contributed by atoms with Crippen LogP contribution in [-0.2, 0) is 0 Å². The molecule has 53 heavy (non-hydrogen) atoms. The number of benzene rings is 6. The summed E-state index contributed by atoms with van der Waals surface area (Å²) < 4.78 is 0. The lowest BCUT2D eigenvalue weighted by molar-refractivity contribution is 0.0963. The van der Waals surface area contributed by atoms with Crippen molar-refractivity contribution >= 4 is 52.0 Å². The SMILES string of the molecule is Nc1ccc2c(c1C(=O)c1ccc3c(c1)C(=O)c1ccccc1C3=O)C(=O)c1cccc(C(=O)c3ccc4c(c3)C(=O)c3ccccc3C4=O)c1C2=O. The Balaban J connectivity index is 1.11. The van der Waals surface area contributed by atoms with Crippen LogP contribution in [0.1, 0.15) is 127 Å². The molecule has 9 heteroatoms. The molecule has 0 bridgehead atoms. The quantitative estimate of drug-likeness (QED) is 0.171. The van der Waals surface area contributed by atoms with Crippen molar-refractivity contribution in [2.75, 3.05) is 5.73 Å². The van der Waals surface area contributed by atoms with E-state index < -0.39 is 34.7 Å². The molecule has 2 N–H and O–H groups in total. The second-order valence-corrected chi connectivity index (χ2v) is 12.9. The maximum Gasteiger partial charge on any atom is 0.195 e. The summed E-state index contributed by atoms with van der Waals surface area (Å²) >= 11 is 0. The number of anilines is 1. The van der Waals surface area contributed by atoms with Crippen LogP contribution in [0.3, 0.4) is 0 Å². The van der Waals surface area contributed by atoms with Gasteiger partial charge >= 0.3 is 0 Å². The molecule has 0 atom stereocenters. The number of nitrogen functional groups attached to an aromatic ring is 1. The molecule has 0 aliphatic heterocycles. The summed E-state index contributed by atoms with van der Waals surface area (Å²) in [6.07, 6.45) is 0. The second-order valence-electron chi connectivity index (χ2n) is 12.9. The molecule has 3 aliphatic carbocycles. The molecule has 0 fully saturated rings. The summed E-state index contributed by atoms with van der Waals surface area (Å²) in [5, 5.41) is 0. The van der Waals surface area contributed by atoms with Crippen LogP contribution < -0.4 is 5.73 Å². The van der Waals surface area contributed by atoms with Crippen molar-refractivity contribution < 1.29 is 38.4 Å². The van der Waals surface area contributed by atoms with Gasteiger partial charge in [-0.1, -0.05) is 78.9 Å². The third-order valence-corrected chi connectivity index (χ3v) is 10.1. The normalized spacial score (nSPS) is 13.7. The number of hydrogen-bond acceptors (Lipinski definition) is 9. The Morgan fingerprint density at radius 3 is 1.28 bits per heavy atom. The molecular formula is C44H21NO8. The highest BCUT2D eigenvalue weighted by Crippen LogP contribution is 2.37. The fourth-order valence-electron chi connectivity index (χ4n) is 7.51. The Bertz CT molecular complexity index is 2840. The summed E-state index contributed by atoms with van der Waals surface area (Å²) in [5.74, 6) is -4.40. The van der Waals surface area contributed by atoms with Crippen molar-refractivity contribution in [1.82, 2.24) is 0 Å². The zero-order valence-electron chi connectivity index (χ0n) is 27.3. The van der Waals surface area contributed by atoms with E-state index in [0.29, 0.717) is 0 Å². The fraction of sp³-hybridized carbons (Fsp3) is 0. The van der Waals surface area contributed by atoms with E-state index in [1.165, 1.54) is 72.8 Å². The number of nitrogens with two attached hydrogens (primary N) is 1. The number of fused-ring (bicyclic) bond motifs is 6. The number of carbonyl (C=O) groups is 8. The molecule has 0 radical (unpaired) electrons. The van der Waals surface area contributed by atoms with Gasteiger partial charge in [-0.15, -0.1) is 0 Å². The number of hydrogen-bond donors (Lipinski definition) is 1. The maximum absolute atomic E-state index is 14.3. The summed E-state index contributed by atoms with van der Waals surface area (Å²) in [5.41, 5.74) is 6.44. The zero-order valence-corrected chi connectivity index (χ0v) is 27.3. The van der Waals surface area contributed by atoms with Gasteiger partial charge in [-0.05, 0) is 36.4 Å². The molecule has 6 aromatic rings. The predicted octanol–water partition coefficient (Wildman–Crippen LogP) is 6.06. The molecule has 0 amide bonds. The lowest BCUT2D eigenvalue weighted by atomic mass is 9.76. The van der Waals surface area contributed by atoms with E-state index in [-0.39, 0.29) is 106 Å². The van der Waals surface area contributed by atoms with E-state index in [4.69, 9.17) is 5.73 Å². The van der Waals surface area contributed by atoms with Gasteiger partial charge in [0.2, 0.25) is 0 Å². The average Bonchev–Trinajstić information content (AvgIpc) is 3.19. The van der Waals surface area contributed by atoms with Crippen LogP contribution in [0.25, 0.3) is 0 Å². The van der Waals surface area contributed by atoms with Gasteiger partial charge in [0.15, 0.2) is 46.3 Å². The van der Waals surface area contributed by atoms with E-state index in [9.17, 15) is 38.4 Å². The first-order chi connectivity index (χ1) is 25.6. The molecule has 3 aliphatic rings.